The summed E-state index contributed by atoms with van der Waals surface area (Å²) < 4.78 is 0. The summed E-state index contributed by atoms with van der Waals surface area (Å²) >= 11 is 0. The minimum Gasteiger partial charge on any atom is -0.339 e. The summed E-state index contributed by atoms with van der Waals surface area (Å²) in [7, 11) is 0. The quantitative estimate of drug-likeness (QED) is 0.692. The highest BCUT2D eigenvalue weighted by molar-refractivity contribution is 5.98. The molecule has 150 valence electrons. The monoisotopic (exact) mass is 380 g/mol. The highest BCUT2D eigenvalue weighted by Gasteiger charge is 2.17. The molecular formula is C24H32N2O2. The van der Waals surface area contributed by atoms with Gasteiger partial charge in [-0.25, -0.2) is 0 Å². The maximum Gasteiger partial charge on any atom is 0.253 e. The van der Waals surface area contributed by atoms with Crippen molar-refractivity contribution in [2.75, 3.05) is 18.4 Å². The fraction of sp³-hybridized carbons (Fsp3) is 0.417. The van der Waals surface area contributed by atoms with E-state index in [1.165, 1.54) is 5.56 Å². The van der Waals surface area contributed by atoms with E-state index in [-0.39, 0.29) is 17.7 Å². The van der Waals surface area contributed by atoms with Crippen LogP contribution in [0.1, 0.15) is 62.0 Å². The Balaban J connectivity index is 2.07. The predicted octanol–water partition coefficient (Wildman–Crippen LogP) is 5.11. The smallest absolute Gasteiger partial charge is 0.253 e. The van der Waals surface area contributed by atoms with E-state index in [1.807, 2.05) is 39.0 Å². The van der Waals surface area contributed by atoms with Crippen LogP contribution in [0, 0.1) is 5.92 Å². The molecule has 2 aromatic rings. The molecule has 4 heteroatoms. The molecule has 2 aromatic carbocycles. The van der Waals surface area contributed by atoms with Crippen LogP contribution in [0.2, 0.25) is 0 Å². The largest absolute Gasteiger partial charge is 0.339 e. The van der Waals surface area contributed by atoms with Gasteiger partial charge in [0.1, 0.15) is 0 Å². The van der Waals surface area contributed by atoms with E-state index < -0.39 is 0 Å². The van der Waals surface area contributed by atoms with E-state index in [0.717, 1.165) is 12.0 Å². The van der Waals surface area contributed by atoms with Gasteiger partial charge in [0, 0.05) is 24.3 Å². The molecule has 1 N–H and O–H groups in total. The predicted molar refractivity (Wildman–Crippen MR) is 116 cm³/mol. The summed E-state index contributed by atoms with van der Waals surface area (Å²) in [5, 5.41) is 2.95. The number of hydrogen-bond acceptors (Lipinski definition) is 2. The summed E-state index contributed by atoms with van der Waals surface area (Å²) in [5.41, 5.74) is 3.51. The summed E-state index contributed by atoms with van der Waals surface area (Å²) in [6.45, 7) is 11.5. The first-order chi connectivity index (χ1) is 13.3. The molecule has 0 saturated heterocycles. The number of carbonyl (C=O) groups is 2. The number of benzene rings is 2. The van der Waals surface area contributed by atoms with Gasteiger partial charge in [0.15, 0.2) is 0 Å². The molecule has 2 amide bonds. The maximum absolute atomic E-state index is 12.7. The lowest BCUT2D eigenvalue weighted by molar-refractivity contribution is -0.117. The normalized spacial score (nSPS) is 11.9. The summed E-state index contributed by atoms with van der Waals surface area (Å²) in [6.07, 6.45) is 1.04. The molecule has 2 rings (SSSR count). The van der Waals surface area contributed by atoms with Gasteiger partial charge >= 0.3 is 0 Å². The molecule has 1 unspecified atom stereocenters. The maximum atomic E-state index is 12.7. The topological polar surface area (TPSA) is 49.4 Å². The van der Waals surface area contributed by atoms with E-state index in [1.54, 1.807) is 23.1 Å². The fourth-order valence-corrected chi connectivity index (χ4v) is 3.24. The highest BCUT2D eigenvalue weighted by atomic mass is 16.2. The Bertz CT molecular complexity index is 793. The Morgan fingerprint density at radius 1 is 0.964 bits per heavy atom. The van der Waals surface area contributed by atoms with Gasteiger partial charge in [-0.1, -0.05) is 44.2 Å². The van der Waals surface area contributed by atoms with Crippen LogP contribution >= 0.6 is 0 Å². The molecule has 0 saturated carbocycles. The number of rotatable bonds is 8. The van der Waals surface area contributed by atoms with E-state index in [2.05, 4.69) is 31.3 Å². The molecule has 0 aliphatic carbocycles. The van der Waals surface area contributed by atoms with Crippen LogP contribution in [-0.4, -0.2) is 29.8 Å². The van der Waals surface area contributed by atoms with E-state index >= 15 is 0 Å². The van der Waals surface area contributed by atoms with Crippen molar-refractivity contribution in [1.82, 2.24) is 4.90 Å². The van der Waals surface area contributed by atoms with Gasteiger partial charge in [0.25, 0.3) is 5.91 Å². The molecule has 1 atom stereocenters. The van der Waals surface area contributed by atoms with Crippen LogP contribution in [0.3, 0.4) is 0 Å². The average Bonchev–Trinajstić information content (AvgIpc) is 2.68. The van der Waals surface area contributed by atoms with Crippen molar-refractivity contribution < 1.29 is 9.59 Å². The van der Waals surface area contributed by atoms with E-state index in [4.69, 9.17) is 0 Å². The molecule has 0 aliphatic rings. The molecule has 0 bridgehead atoms. The van der Waals surface area contributed by atoms with Crippen molar-refractivity contribution in [2.24, 2.45) is 5.92 Å². The number of anilines is 1. The second-order valence-corrected chi connectivity index (χ2v) is 7.61. The summed E-state index contributed by atoms with van der Waals surface area (Å²) in [5.74, 6) is 0.243. The molecule has 0 aliphatic heterocycles. The standard InChI is InChI=1S/C24H32N2O2/c1-6-26(7-2)24(28)21-9-8-10-22(16-21)25-23(27)18(5)20-13-11-19(12-14-20)15-17(3)4/h8-14,16-18H,6-7,15H2,1-5H3,(H,25,27). The second-order valence-electron chi connectivity index (χ2n) is 7.61. The van der Waals surface area contributed by atoms with Gasteiger partial charge in [-0.15, -0.1) is 0 Å². The van der Waals surface area contributed by atoms with Crippen molar-refractivity contribution in [3.05, 3.63) is 65.2 Å². The first-order valence-electron chi connectivity index (χ1n) is 10.1. The Kier molecular flexibility index (Phi) is 7.80. The van der Waals surface area contributed by atoms with Crippen LogP contribution in [0.5, 0.6) is 0 Å². The lowest BCUT2D eigenvalue weighted by Crippen LogP contribution is -2.30. The highest BCUT2D eigenvalue weighted by Crippen LogP contribution is 2.20. The SMILES string of the molecule is CCN(CC)C(=O)c1cccc(NC(=O)C(C)c2ccc(CC(C)C)cc2)c1. The number of nitrogens with one attached hydrogen (secondary N) is 1. The number of carbonyl (C=O) groups excluding carboxylic acids is 2. The lowest BCUT2D eigenvalue weighted by atomic mass is 9.96. The van der Waals surface area contributed by atoms with Gasteiger partial charge in [-0.2, -0.15) is 0 Å². The Morgan fingerprint density at radius 3 is 2.18 bits per heavy atom. The third-order valence-electron chi connectivity index (χ3n) is 4.94. The molecule has 4 nitrogen and oxygen atoms in total. The minimum absolute atomic E-state index is 0.0186. The molecule has 0 spiro atoms. The van der Waals surface area contributed by atoms with Crippen LogP contribution in [0.15, 0.2) is 48.5 Å². The zero-order valence-electron chi connectivity index (χ0n) is 17.7. The van der Waals surface area contributed by atoms with Crippen molar-refractivity contribution in [2.45, 2.75) is 47.0 Å². The molecular weight excluding hydrogens is 348 g/mol. The van der Waals surface area contributed by atoms with Gasteiger partial charge in [-0.3, -0.25) is 9.59 Å². The average molecular weight is 381 g/mol. The number of hydrogen-bond donors (Lipinski definition) is 1. The Labute approximate surface area is 169 Å². The van der Waals surface area contributed by atoms with Crippen LogP contribution in [0.4, 0.5) is 5.69 Å². The third-order valence-corrected chi connectivity index (χ3v) is 4.94. The number of amides is 2. The minimum atomic E-state index is -0.268. The van der Waals surface area contributed by atoms with Gasteiger partial charge in [0.2, 0.25) is 5.91 Å². The van der Waals surface area contributed by atoms with Gasteiger partial charge < -0.3 is 10.2 Å². The zero-order valence-corrected chi connectivity index (χ0v) is 17.7. The van der Waals surface area contributed by atoms with Crippen molar-refractivity contribution in [3.8, 4) is 0 Å². The summed E-state index contributed by atoms with van der Waals surface area (Å²) in [6, 6.07) is 15.4. The second kappa shape index (κ2) is 10.1. The van der Waals surface area contributed by atoms with Crippen LogP contribution < -0.4 is 5.32 Å². The van der Waals surface area contributed by atoms with E-state index in [9.17, 15) is 9.59 Å². The van der Waals surface area contributed by atoms with Crippen molar-refractivity contribution >= 4 is 17.5 Å². The van der Waals surface area contributed by atoms with Crippen molar-refractivity contribution in [3.63, 3.8) is 0 Å². The first-order valence-corrected chi connectivity index (χ1v) is 10.1. The number of nitrogens with zero attached hydrogens (tertiary/aromatic N) is 1. The molecule has 28 heavy (non-hydrogen) atoms. The van der Waals surface area contributed by atoms with Gasteiger partial charge in [-0.05, 0) is 62.4 Å². The fourth-order valence-electron chi connectivity index (χ4n) is 3.24. The molecule has 0 heterocycles. The first kappa shape index (κ1) is 21.7. The lowest BCUT2D eigenvalue weighted by Gasteiger charge is -2.19. The van der Waals surface area contributed by atoms with Crippen molar-refractivity contribution in [1.29, 1.82) is 0 Å². The summed E-state index contributed by atoms with van der Waals surface area (Å²) in [4.78, 5) is 27.0. The third kappa shape index (κ3) is 5.69. The zero-order chi connectivity index (χ0) is 20.7. The molecule has 0 fully saturated rings. The Hall–Kier alpha value is -2.62. The van der Waals surface area contributed by atoms with E-state index in [0.29, 0.717) is 30.3 Å². The van der Waals surface area contributed by atoms with Crippen LogP contribution in [0.25, 0.3) is 0 Å². The molecule has 0 aromatic heterocycles. The Morgan fingerprint density at radius 2 is 1.61 bits per heavy atom. The molecule has 0 radical (unpaired) electrons. The van der Waals surface area contributed by atoms with Gasteiger partial charge in [0.05, 0.1) is 5.92 Å². The van der Waals surface area contributed by atoms with Crippen LogP contribution in [-0.2, 0) is 11.2 Å².